The van der Waals surface area contributed by atoms with Crippen LogP contribution in [0, 0.1) is 5.92 Å². The number of nitrogens with one attached hydrogen (secondary N) is 1. The molecule has 0 radical (unpaired) electrons. The van der Waals surface area contributed by atoms with Gasteiger partial charge < -0.3 is 21.1 Å². The largest absolute Gasteiger partial charge is 0.480 e. The summed E-state index contributed by atoms with van der Waals surface area (Å²) in [6.07, 6.45) is 1.84. The fraction of sp³-hybridized carbons (Fsp3) is 0.833. The summed E-state index contributed by atoms with van der Waals surface area (Å²) < 4.78 is 0. The molecule has 18 heavy (non-hydrogen) atoms. The van der Waals surface area contributed by atoms with Crippen molar-refractivity contribution in [3.8, 4) is 0 Å². The maximum atomic E-state index is 11.8. The molecule has 104 valence electrons. The summed E-state index contributed by atoms with van der Waals surface area (Å²) >= 11 is 0. The van der Waals surface area contributed by atoms with Gasteiger partial charge in [-0.25, -0.2) is 0 Å². The third-order valence-corrected chi connectivity index (χ3v) is 3.53. The van der Waals surface area contributed by atoms with Gasteiger partial charge in [-0.3, -0.25) is 9.59 Å². The summed E-state index contributed by atoms with van der Waals surface area (Å²) in [5, 5.41) is 11.9. The molecule has 0 unspecified atom stereocenters. The van der Waals surface area contributed by atoms with Gasteiger partial charge in [0.15, 0.2) is 0 Å². The Morgan fingerprint density at radius 2 is 1.94 bits per heavy atom. The number of amides is 1. The van der Waals surface area contributed by atoms with Gasteiger partial charge in [0.2, 0.25) is 5.91 Å². The molecule has 0 saturated heterocycles. The summed E-state index contributed by atoms with van der Waals surface area (Å²) in [5.41, 5.74) is 4.63. The molecule has 0 atom stereocenters. The van der Waals surface area contributed by atoms with Crippen LogP contribution in [0.15, 0.2) is 0 Å². The topological polar surface area (TPSA) is 95.7 Å². The van der Waals surface area contributed by atoms with Crippen LogP contribution in [0.4, 0.5) is 0 Å². The van der Waals surface area contributed by atoms with Gasteiger partial charge in [0.1, 0.15) is 5.54 Å². The first-order valence-corrected chi connectivity index (χ1v) is 6.30. The number of hydrogen-bond donors (Lipinski definition) is 3. The van der Waals surface area contributed by atoms with Crippen LogP contribution in [0.3, 0.4) is 0 Å². The van der Waals surface area contributed by atoms with Crippen molar-refractivity contribution in [2.24, 2.45) is 11.7 Å². The molecule has 0 spiro atoms. The standard InChI is InChI=1S/C12H23N3O3/c1-15(2)8-7-14-10(16)9-3-5-12(13,6-4-9)11(17)18/h9H,3-8,13H2,1-2H3,(H,14,16)(H,17,18). The van der Waals surface area contributed by atoms with Crippen LogP contribution in [0.2, 0.25) is 0 Å². The lowest BCUT2D eigenvalue weighted by Crippen LogP contribution is -2.51. The Labute approximate surface area is 108 Å². The number of rotatable bonds is 5. The lowest BCUT2D eigenvalue weighted by atomic mass is 9.77. The smallest absolute Gasteiger partial charge is 0.323 e. The van der Waals surface area contributed by atoms with Gasteiger partial charge >= 0.3 is 5.97 Å². The summed E-state index contributed by atoms with van der Waals surface area (Å²) in [5.74, 6) is -1.04. The van der Waals surface area contributed by atoms with E-state index in [4.69, 9.17) is 10.8 Å². The predicted octanol–water partition coefficient (Wildman–Crippen LogP) is -0.363. The summed E-state index contributed by atoms with van der Waals surface area (Å²) in [6, 6.07) is 0. The van der Waals surface area contributed by atoms with Crippen LogP contribution in [0.25, 0.3) is 0 Å². The van der Waals surface area contributed by atoms with Crippen molar-refractivity contribution in [2.75, 3.05) is 27.2 Å². The van der Waals surface area contributed by atoms with Crippen LogP contribution in [0.1, 0.15) is 25.7 Å². The Hall–Kier alpha value is -1.14. The van der Waals surface area contributed by atoms with Crippen molar-refractivity contribution in [1.82, 2.24) is 10.2 Å². The van der Waals surface area contributed by atoms with Crippen molar-refractivity contribution in [1.29, 1.82) is 0 Å². The normalized spacial score (nSPS) is 28.1. The number of nitrogens with zero attached hydrogens (tertiary/aromatic N) is 1. The minimum Gasteiger partial charge on any atom is -0.480 e. The Morgan fingerprint density at radius 3 is 2.39 bits per heavy atom. The lowest BCUT2D eigenvalue weighted by Gasteiger charge is -2.33. The van der Waals surface area contributed by atoms with E-state index in [2.05, 4.69) is 5.32 Å². The molecule has 6 nitrogen and oxygen atoms in total. The van der Waals surface area contributed by atoms with Crippen LogP contribution in [-0.4, -0.2) is 54.6 Å². The number of hydrogen-bond acceptors (Lipinski definition) is 4. The molecule has 1 amide bonds. The van der Waals surface area contributed by atoms with Crippen molar-refractivity contribution >= 4 is 11.9 Å². The number of nitrogens with two attached hydrogens (primary N) is 1. The molecule has 1 aliphatic rings. The second kappa shape index (κ2) is 6.15. The van der Waals surface area contributed by atoms with Gasteiger partial charge in [0, 0.05) is 19.0 Å². The van der Waals surface area contributed by atoms with E-state index in [9.17, 15) is 9.59 Å². The van der Waals surface area contributed by atoms with E-state index in [0.29, 0.717) is 32.2 Å². The van der Waals surface area contributed by atoms with E-state index in [1.807, 2.05) is 19.0 Å². The third-order valence-electron chi connectivity index (χ3n) is 3.53. The Bertz CT molecular complexity index is 310. The molecule has 0 bridgehead atoms. The van der Waals surface area contributed by atoms with E-state index in [-0.39, 0.29) is 11.8 Å². The minimum atomic E-state index is -1.14. The van der Waals surface area contributed by atoms with E-state index < -0.39 is 11.5 Å². The fourth-order valence-corrected chi connectivity index (χ4v) is 2.16. The van der Waals surface area contributed by atoms with E-state index in [1.54, 1.807) is 0 Å². The molecule has 0 aromatic heterocycles. The number of likely N-dealkylation sites (N-methyl/N-ethyl adjacent to an activating group) is 1. The third kappa shape index (κ3) is 3.96. The minimum absolute atomic E-state index is 0.0179. The molecular formula is C12H23N3O3. The molecular weight excluding hydrogens is 234 g/mol. The lowest BCUT2D eigenvalue weighted by molar-refractivity contribution is -0.146. The average molecular weight is 257 g/mol. The highest BCUT2D eigenvalue weighted by Crippen LogP contribution is 2.30. The highest BCUT2D eigenvalue weighted by Gasteiger charge is 2.39. The van der Waals surface area contributed by atoms with Crippen molar-refractivity contribution < 1.29 is 14.7 Å². The summed E-state index contributed by atoms with van der Waals surface area (Å²) in [6.45, 7) is 1.42. The number of carboxylic acids is 1. The van der Waals surface area contributed by atoms with E-state index in [1.165, 1.54) is 0 Å². The van der Waals surface area contributed by atoms with Gasteiger partial charge in [0.05, 0.1) is 0 Å². The molecule has 1 saturated carbocycles. The average Bonchev–Trinajstić information content (AvgIpc) is 2.29. The molecule has 1 rings (SSSR count). The highest BCUT2D eigenvalue weighted by molar-refractivity contribution is 5.81. The molecule has 0 aromatic rings. The van der Waals surface area contributed by atoms with Crippen LogP contribution < -0.4 is 11.1 Å². The molecule has 0 aliphatic heterocycles. The summed E-state index contributed by atoms with van der Waals surface area (Å²) in [4.78, 5) is 24.8. The first kappa shape index (κ1) is 14.9. The molecule has 1 aliphatic carbocycles. The van der Waals surface area contributed by atoms with E-state index in [0.717, 1.165) is 6.54 Å². The van der Waals surface area contributed by atoms with Crippen molar-refractivity contribution in [2.45, 2.75) is 31.2 Å². The number of carbonyl (C=O) groups is 2. The maximum absolute atomic E-state index is 11.8. The zero-order valence-corrected chi connectivity index (χ0v) is 11.1. The van der Waals surface area contributed by atoms with Crippen molar-refractivity contribution in [3.05, 3.63) is 0 Å². The van der Waals surface area contributed by atoms with Gasteiger partial charge in [-0.15, -0.1) is 0 Å². The quantitative estimate of drug-likeness (QED) is 0.625. The van der Waals surface area contributed by atoms with Gasteiger partial charge in [0.25, 0.3) is 0 Å². The second-order valence-corrected chi connectivity index (χ2v) is 5.33. The van der Waals surface area contributed by atoms with E-state index >= 15 is 0 Å². The Kier molecular flexibility index (Phi) is 5.10. The monoisotopic (exact) mass is 257 g/mol. The van der Waals surface area contributed by atoms with Crippen LogP contribution >= 0.6 is 0 Å². The van der Waals surface area contributed by atoms with Gasteiger partial charge in [-0.2, -0.15) is 0 Å². The van der Waals surface area contributed by atoms with Gasteiger partial charge in [-0.1, -0.05) is 0 Å². The predicted molar refractivity (Wildman–Crippen MR) is 68.1 cm³/mol. The van der Waals surface area contributed by atoms with Crippen LogP contribution in [-0.2, 0) is 9.59 Å². The highest BCUT2D eigenvalue weighted by atomic mass is 16.4. The number of aliphatic carboxylic acids is 1. The zero-order chi connectivity index (χ0) is 13.8. The molecule has 0 heterocycles. The first-order chi connectivity index (χ1) is 8.35. The first-order valence-electron chi connectivity index (χ1n) is 6.30. The van der Waals surface area contributed by atoms with Gasteiger partial charge in [-0.05, 0) is 39.8 Å². The van der Waals surface area contributed by atoms with Crippen LogP contribution in [0.5, 0.6) is 0 Å². The fourth-order valence-electron chi connectivity index (χ4n) is 2.16. The Balaban J connectivity index is 2.34. The molecule has 0 aromatic carbocycles. The number of carboxylic acid groups (broad SMARTS) is 1. The van der Waals surface area contributed by atoms with Crippen molar-refractivity contribution in [3.63, 3.8) is 0 Å². The second-order valence-electron chi connectivity index (χ2n) is 5.33. The zero-order valence-electron chi connectivity index (χ0n) is 11.1. The number of carbonyl (C=O) groups excluding carboxylic acids is 1. The summed E-state index contributed by atoms with van der Waals surface area (Å²) in [7, 11) is 3.89. The molecule has 6 heteroatoms. The Morgan fingerprint density at radius 1 is 1.39 bits per heavy atom. The molecule has 4 N–H and O–H groups in total. The SMILES string of the molecule is CN(C)CCNC(=O)C1CCC(N)(C(=O)O)CC1. The maximum Gasteiger partial charge on any atom is 0.323 e. The molecule has 1 fully saturated rings.